The monoisotopic (exact) mass is 246 g/mol. The van der Waals surface area contributed by atoms with Crippen LogP contribution in [0.1, 0.15) is 5.76 Å². The maximum absolute atomic E-state index is 5.54. The second kappa shape index (κ2) is 5.22. The summed E-state index contributed by atoms with van der Waals surface area (Å²) in [4.78, 5) is 4.02. The summed E-state index contributed by atoms with van der Waals surface area (Å²) in [5, 5.41) is 3.91. The average Bonchev–Trinajstić information content (AvgIpc) is 2.78. The Morgan fingerprint density at radius 2 is 2.35 bits per heavy atom. The van der Waals surface area contributed by atoms with E-state index in [9.17, 15) is 0 Å². The van der Waals surface area contributed by atoms with Gasteiger partial charge >= 0.3 is 0 Å². The topological polar surface area (TPSA) is 76.4 Å². The van der Waals surface area contributed by atoms with Crippen LogP contribution in [-0.4, -0.2) is 16.3 Å². The number of pyridine rings is 1. The molecular weight excluding hydrogens is 236 g/mol. The summed E-state index contributed by atoms with van der Waals surface area (Å²) in [5.74, 6) is 1.34. The van der Waals surface area contributed by atoms with Gasteiger partial charge < -0.3 is 10.2 Å². The van der Waals surface area contributed by atoms with Gasteiger partial charge in [0, 0.05) is 18.0 Å². The molecule has 0 aliphatic rings. The van der Waals surface area contributed by atoms with Gasteiger partial charge in [-0.25, -0.2) is 0 Å². The number of nitrogens with two attached hydrogens (primary N) is 1. The Hall–Kier alpha value is -2.21. The number of thiocarbonyl (C=S) groups is 1. The summed E-state index contributed by atoms with van der Waals surface area (Å²) in [7, 11) is 0. The molecule has 86 valence electrons. The minimum Gasteiger partial charge on any atom is -0.455 e. The molecule has 0 unspecified atom stereocenters. The molecule has 0 saturated carbocycles. The minimum atomic E-state index is 0.111. The van der Waals surface area contributed by atoms with Gasteiger partial charge in [0.25, 0.3) is 0 Å². The molecule has 2 aromatic heterocycles. The Morgan fingerprint density at radius 3 is 3.06 bits per heavy atom. The summed E-state index contributed by atoms with van der Waals surface area (Å²) in [6, 6.07) is 7.41. The Labute approximate surface area is 103 Å². The Kier molecular flexibility index (Phi) is 3.46. The fourth-order valence-corrected chi connectivity index (χ4v) is 1.30. The van der Waals surface area contributed by atoms with Crippen LogP contribution < -0.4 is 11.2 Å². The first-order valence-corrected chi connectivity index (χ1v) is 5.25. The molecule has 3 N–H and O–H groups in total. The van der Waals surface area contributed by atoms with Crippen molar-refractivity contribution >= 4 is 23.5 Å². The Morgan fingerprint density at radius 1 is 1.47 bits per heavy atom. The summed E-state index contributed by atoms with van der Waals surface area (Å²) >= 11 is 4.61. The molecule has 0 fully saturated rings. The summed E-state index contributed by atoms with van der Waals surface area (Å²) in [6.45, 7) is 0. The van der Waals surface area contributed by atoms with Crippen molar-refractivity contribution in [3.05, 3.63) is 42.4 Å². The maximum Gasteiger partial charge on any atom is 0.184 e. The number of hydrogen-bond acceptors (Lipinski definition) is 4. The smallest absolute Gasteiger partial charge is 0.184 e. The highest BCUT2D eigenvalue weighted by Gasteiger charge is 2.02. The molecule has 0 bridgehead atoms. The van der Waals surface area contributed by atoms with Crippen LogP contribution in [0.15, 0.2) is 46.2 Å². The molecule has 2 aromatic rings. The van der Waals surface area contributed by atoms with Crippen molar-refractivity contribution in [3.8, 4) is 11.3 Å². The number of furan rings is 1. The van der Waals surface area contributed by atoms with Crippen LogP contribution in [0.4, 0.5) is 0 Å². The van der Waals surface area contributed by atoms with E-state index in [1.807, 2.05) is 18.2 Å². The van der Waals surface area contributed by atoms with Gasteiger partial charge in [0.15, 0.2) is 5.11 Å². The van der Waals surface area contributed by atoms with Crippen molar-refractivity contribution in [3.63, 3.8) is 0 Å². The molecule has 5 nitrogen and oxygen atoms in total. The maximum atomic E-state index is 5.54. The minimum absolute atomic E-state index is 0.111. The second-order valence-corrected chi connectivity index (χ2v) is 3.62. The normalized spacial score (nSPS) is 10.6. The van der Waals surface area contributed by atoms with Crippen LogP contribution >= 0.6 is 12.2 Å². The van der Waals surface area contributed by atoms with Crippen molar-refractivity contribution in [2.45, 2.75) is 0 Å². The van der Waals surface area contributed by atoms with E-state index in [1.165, 1.54) is 6.21 Å². The number of hydrogen-bond donors (Lipinski definition) is 2. The molecule has 0 amide bonds. The van der Waals surface area contributed by atoms with Crippen LogP contribution in [0.5, 0.6) is 0 Å². The third-order valence-corrected chi connectivity index (χ3v) is 2.03. The fourth-order valence-electron chi connectivity index (χ4n) is 1.25. The van der Waals surface area contributed by atoms with E-state index in [4.69, 9.17) is 10.2 Å². The lowest BCUT2D eigenvalue weighted by atomic mass is 10.2. The van der Waals surface area contributed by atoms with Gasteiger partial charge in [0.1, 0.15) is 11.5 Å². The molecule has 0 aromatic carbocycles. The first-order valence-electron chi connectivity index (χ1n) is 4.84. The van der Waals surface area contributed by atoms with E-state index in [-0.39, 0.29) is 5.11 Å². The van der Waals surface area contributed by atoms with Crippen molar-refractivity contribution in [1.29, 1.82) is 0 Å². The van der Waals surface area contributed by atoms with E-state index in [0.29, 0.717) is 5.76 Å². The zero-order valence-corrected chi connectivity index (χ0v) is 9.65. The highest BCUT2D eigenvalue weighted by atomic mass is 32.1. The van der Waals surface area contributed by atoms with Crippen LogP contribution in [0.3, 0.4) is 0 Å². The van der Waals surface area contributed by atoms with Gasteiger partial charge in [0.2, 0.25) is 0 Å². The van der Waals surface area contributed by atoms with E-state index < -0.39 is 0 Å². The lowest BCUT2D eigenvalue weighted by Gasteiger charge is -1.94. The first kappa shape index (κ1) is 11.3. The molecule has 0 aliphatic heterocycles. The standard InChI is InChI=1S/C11H10N4OS/c12-11(17)15-14-7-9-3-4-10(16-9)8-2-1-5-13-6-8/h1-7H,(H3,12,15,17). The summed E-state index contributed by atoms with van der Waals surface area (Å²) in [6.07, 6.45) is 4.94. The number of nitrogens with one attached hydrogen (secondary N) is 1. The molecule has 0 atom stereocenters. The fraction of sp³-hybridized carbons (Fsp3) is 0. The highest BCUT2D eigenvalue weighted by Crippen LogP contribution is 2.19. The predicted molar refractivity (Wildman–Crippen MR) is 69.5 cm³/mol. The van der Waals surface area contributed by atoms with Crippen LogP contribution in [0.25, 0.3) is 11.3 Å². The summed E-state index contributed by atoms with van der Waals surface area (Å²) < 4.78 is 5.54. The Bertz CT molecular complexity index is 535. The summed E-state index contributed by atoms with van der Waals surface area (Å²) in [5.41, 5.74) is 8.58. The van der Waals surface area contributed by atoms with E-state index in [1.54, 1.807) is 18.5 Å². The van der Waals surface area contributed by atoms with E-state index in [0.717, 1.165) is 11.3 Å². The van der Waals surface area contributed by atoms with Crippen molar-refractivity contribution in [2.75, 3.05) is 0 Å². The number of aromatic nitrogens is 1. The van der Waals surface area contributed by atoms with Gasteiger partial charge in [-0.3, -0.25) is 10.4 Å². The SMILES string of the molecule is NC(=S)NN=Cc1ccc(-c2cccnc2)o1. The Balaban J connectivity index is 2.11. The van der Waals surface area contributed by atoms with Crippen molar-refractivity contribution < 1.29 is 4.42 Å². The third-order valence-electron chi connectivity index (χ3n) is 1.94. The molecular formula is C11H10N4OS. The van der Waals surface area contributed by atoms with Gasteiger partial charge in [-0.1, -0.05) is 0 Å². The molecule has 0 aliphatic carbocycles. The van der Waals surface area contributed by atoms with Crippen LogP contribution in [0.2, 0.25) is 0 Å². The molecule has 6 heteroatoms. The van der Waals surface area contributed by atoms with Gasteiger partial charge in [-0.15, -0.1) is 0 Å². The van der Waals surface area contributed by atoms with E-state index in [2.05, 4.69) is 27.7 Å². The lowest BCUT2D eigenvalue weighted by Crippen LogP contribution is -2.23. The van der Waals surface area contributed by atoms with Gasteiger partial charge in [-0.05, 0) is 36.5 Å². The average molecular weight is 246 g/mol. The largest absolute Gasteiger partial charge is 0.455 e. The highest BCUT2D eigenvalue weighted by molar-refractivity contribution is 7.80. The van der Waals surface area contributed by atoms with Crippen LogP contribution in [-0.2, 0) is 0 Å². The lowest BCUT2D eigenvalue weighted by molar-refractivity contribution is 0.574. The number of rotatable bonds is 3. The zero-order chi connectivity index (χ0) is 12.1. The third kappa shape index (κ3) is 3.12. The molecule has 2 heterocycles. The number of nitrogens with zero attached hydrogens (tertiary/aromatic N) is 2. The van der Waals surface area contributed by atoms with Gasteiger partial charge in [0.05, 0.1) is 6.21 Å². The molecule has 0 radical (unpaired) electrons. The molecule has 2 rings (SSSR count). The number of hydrazone groups is 1. The quantitative estimate of drug-likeness (QED) is 0.487. The zero-order valence-electron chi connectivity index (χ0n) is 8.83. The van der Waals surface area contributed by atoms with Crippen LogP contribution in [0, 0.1) is 0 Å². The van der Waals surface area contributed by atoms with Crippen molar-refractivity contribution in [1.82, 2.24) is 10.4 Å². The second-order valence-electron chi connectivity index (χ2n) is 3.18. The predicted octanol–water partition coefficient (Wildman–Crippen LogP) is 1.51. The molecule has 17 heavy (non-hydrogen) atoms. The molecule has 0 spiro atoms. The first-order chi connectivity index (χ1) is 8.25. The molecule has 0 saturated heterocycles. The van der Waals surface area contributed by atoms with E-state index >= 15 is 0 Å². The van der Waals surface area contributed by atoms with Crippen molar-refractivity contribution in [2.24, 2.45) is 10.8 Å². The van der Waals surface area contributed by atoms with Gasteiger partial charge in [-0.2, -0.15) is 5.10 Å².